The molecule has 0 aliphatic carbocycles. The summed E-state index contributed by atoms with van der Waals surface area (Å²) in [6, 6.07) is 9.02. The van der Waals surface area contributed by atoms with E-state index in [1.807, 2.05) is 0 Å². The van der Waals surface area contributed by atoms with Gasteiger partial charge in [-0.2, -0.15) is 8.78 Å². The van der Waals surface area contributed by atoms with Gasteiger partial charge >= 0.3 is 6.61 Å². The Balaban J connectivity index is 2.18. The fourth-order valence-electron chi connectivity index (χ4n) is 2.16. The van der Waals surface area contributed by atoms with E-state index < -0.39 is 11.5 Å². The Bertz CT molecular complexity index is 738. The smallest absolute Gasteiger partial charge is 0.387 e. The van der Waals surface area contributed by atoms with Gasteiger partial charge in [-0.15, -0.1) is 0 Å². The van der Waals surface area contributed by atoms with Crippen molar-refractivity contribution in [3.05, 3.63) is 57.6 Å². The summed E-state index contributed by atoms with van der Waals surface area (Å²) < 4.78 is 34.6. The van der Waals surface area contributed by atoms with Gasteiger partial charge in [-0.3, -0.25) is 10.1 Å². The summed E-state index contributed by atoms with van der Waals surface area (Å²) in [4.78, 5) is 10.3. The quantitative estimate of drug-likeness (QED) is 0.607. The number of nitrogens with zero attached hydrogens (tertiary/aromatic N) is 1. The van der Waals surface area contributed by atoms with E-state index in [1.54, 1.807) is 25.1 Å². The molecular formula is C16H16F2N2O4. The summed E-state index contributed by atoms with van der Waals surface area (Å²) in [5, 5.41) is 13.8. The van der Waals surface area contributed by atoms with Crippen molar-refractivity contribution >= 4 is 11.4 Å². The summed E-state index contributed by atoms with van der Waals surface area (Å²) in [5.74, 6) is 0.414. The van der Waals surface area contributed by atoms with E-state index >= 15 is 0 Å². The first-order valence-corrected chi connectivity index (χ1v) is 7.01. The highest BCUT2D eigenvalue weighted by molar-refractivity contribution is 5.56. The third-order valence-corrected chi connectivity index (χ3v) is 3.38. The zero-order valence-electron chi connectivity index (χ0n) is 13.1. The lowest BCUT2D eigenvalue weighted by molar-refractivity contribution is -0.384. The van der Waals surface area contributed by atoms with Crippen LogP contribution in [-0.4, -0.2) is 18.6 Å². The molecule has 0 bridgehead atoms. The molecule has 6 nitrogen and oxygen atoms in total. The number of non-ortho nitro benzene ring substituents is 1. The number of methoxy groups -OCH3 is 1. The lowest BCUT2D eigenvalue weighted by Crippen LogP contribution is -2.08. The summed E-state index contributed by atoms with van der Waals surface area (Å²) in [6.45, 7) is -1.01. The Morgan fingerprint density at radius 2 is 2.00 bits per heavy atom. The maximum atomic E-state index is 12.5. The molecule has 0 radical (unpaired) electrons. The minimum atomic E-state index is -2.95. The second kappa shape index (κ2) is 7.58. The minimum Gasteiger partial charge on any atom is -0.497 e. The maximum absolute atomic E-state index is 12.5. The maximum Gasteiger partial charge on any atom is 0.387 e. The summed E-state index contributed by atoms with van der Waals surface area (Å²) >= 11 is 0. The van der Waals surface area contributed by atoms with Gasteiger partial charge in [0.25, 0.3) is 5.69 Å². The van der Waals surface area contributed by atoms with Gasteiger partial charge in [0.2, 0.25) is 0 Å². The van der Waals surface area contributed by atoms with Gasteiger partial charge in [-0.1, -0.05) is 0 Å². The zero-order chi connectivity index (χ0) is 17.7. The molecule has 0 aliphatic heterocycles. The number of nitro benzene ring substituents is 1. The second-order valence-electron chi connectivity index (χ2n) is 4.96. The highest BCUT2D eigenvalue weighted by Crippen LogP contribution is 2.28. The van der Waals surface area contributed by atoms with Crippen molar-refractivity contribution in [2.24, 2.45) is 0 Å². The molecule has 1 N–H and O–H groups in total. The summed E-state index contributed by atoms with van der Waals surface area (Å²) in [6.07, 6.45) is 0. The van der Waals surface area contributed by atoms with Crippen LogP contribution in [0.2, 0.25) is 0 Å². The number of hydrogen-bond acceptors (Lipinski definition) is 5. The Morgan fingerprint density at radius 3 is 2.58 bits per heavy atom. The van der Waals surface area contributed by atoms with Crippen molar-refractivity contribution in [1.82, 2.24) is 0 Å². The van der Waals surface area contributed by atoms with Crippen molar-refractivity contribution in [2.75, 3.05) is 12.4 Å². The third-order valence-electron chi connectivity index (χ3n) is 3.38. The van der Waals surface area contributed by atoms with Gasteiger partial charge in [0.15, 0.2) is 0 Å². The molecule has 2 aromatic rings. The fourth-order valence-corrected chi connectivity index (χ4v) is 2.16. The van der Waals surface area contributed by atoms with Gasteiger partial charge in [0.05, 0.1) is 12.0 Å². The zero-order valence-corrected chi connectivity index (χ0v) is 13.1. The van der Waals surface area contributed by atoms with Gasteiger partial charge in [0, 0.05) is 36.0 Å². The molecule has 0 unspecified atom stereocenters. The monoisotopic (exact) mass is 338 g/mol. The van der Waals surface area contributed by atoms with Crippen LogP contribution in [0, 0.1) is 17.0 Å². The molecule has 0 aliphatic rings. The number of halogens is 2. The molecule has 0 saturated heterocycles. The molecule has 128 valence electrons. The number of alkyl halides is 2. The van der Waals surface area contributed by atoms with Crippen molar-refractivity contribution in [2.45, 2.75) is 20.1 Å². The molecule has 0 aromatic heterocycles. The largest absolute Gasteiger partial charge is 0.497 e. The first-order chi connectivity index (χ1) is 11.4. The molecule has 0 fully saturated rings. The van der Waals surface area contributed by atoms with Crippen LogP contribution in [0.5, 0.6) is 11.5 Å². The van der Waals surface area contributed by atoms with Crippen LogP contribution in [-0.2, 0) is 6.54 Å². The predicted octanol–water partition coefficient (Wildman–Crippen LogP) is 4.13. The van der Waals surface area contributed by atoms with Crippen LogP contribution in [0.15, 0.2) is 36.4 Å². The third kappa shape index (κ3) is 4.31. The van der Waals surface area contributed by atoms with E-state index in [0.29, 0.717) is 22.6 Å². The van der Waals surface area contributed by atoms with E-state index in [0.717, 1.165) is 0 Å². The Kier molecular flexibility index (Phi) is 5.51. The van der Waals surface area contributed by atoms with Crippen molar-refractivity contribution in [3.63, 3.8) is 0 Å². The first kappa shape index (κ1) is 17.5. The molecule has 0 spiro atoms. The molecule has 24 heavy (non-hydrogen) atoms. The van der Waals surface area contributed by atoms with E-state index in [4.69, 9.17) is 4.74 Å². The number of rotatable bonds is 7. The number of aryl methyl sites for hydroxylation is 1. The molecule has 0 heterocycles. The number of anilines is 1. The van der Waals surface area contributed by atoms with Crippen LogP contribution in [0.1, 0.15) is 11.1 Å². The SMILES string of the molecule is COc1ccc(CNc2ccc([N+](=O)[O-])cc2C)c(OC(F)F)c1. The Morgan fingerprint density at radius 1 is 1.25 bits per heavy atom. The van der Waals surface area contributed by atoms with Crippen LogP contribution in [0.25, 0.3) is 0 Å². The summed E-state index contributed by atoms with van der Waals surface area (Å²) in [5.41, 5.74) is 1.84. The molecule has 2 aromatic carbocycles. The van der Waals surface area contributed by atoms with Crippen LogP contribution >= 0.6 is 0 Å². The highest BCUT2D eigenvalue weighted by atomic mass is 19.3. The van der Waals surface area contributed by atoms with Gasteiger partial charge in [-0.25, -0.2) is 0 Å². The number of ether oxygens (including phenoxy) is 2. The number of benzene rings is 2. The average molecular weight is 338 g/mol. The summed E-state index contributed by atoms with van der Waals surface area (Å²) in [7, 11) is 1.43. The number of nitrogens with one attached hydrogen (secondary N) is 1. The number of nitro groups is 1. The molecule has 0 amide bonds. The fraction of sp³-hybridized carbons (Fsp3) is 0.250. The molecule has 8 heteroatoms. The van der Waals surface area contributed by atoms with E-state index in [2.05, 4.69) is 10.1 Å². The van der Waals surface area contributed by atoms with E-state index in [-0.39, 0.29) is 18.0 Å². The second-order valence-corrected chi connectivity index (χ2v) is 4.96. The lowest BCUT2D eigenvalue weighted by Gasteiger charge is -2.14. The topological polar surface area (TPSA) is 73.6 Å². The standard InChI is InChI=1S/C16H16F2N2O4/c1-10-7-12(20(21)22)4-6-14(10)19-9-11-3-5-13(23-2)8-15(11)24-16(17)18/h3-8,16,19H,9H2,1-2H3. The van der Waals surface area contributed by atoms with Crippen molar-refractivity contribution < 1.29 is 23.2 Å². The highest BCUT2D eigenvalue weighted by Gasteiger charge is 2.12. The normalized spacial score (nSPS) is 10.5. The Hall–Kier alpha value is -2.90. The average Bonchev–Trinajstić information content (AvgIpc) is 2.53. The first-order valence-electron chi connectivity index (χ1n) is 7.01. The molecule has 0 atom stereocenters. The molecule has 2 rings (SSSR count). The molecular weight excluding hydrogens is 322 g/mol. The van der Waals surface area contributed by atoms with Gasteiger partial charge in [-0.05, 0) is 30.7 Å². The van der Waals surface area contributed by atoms with E-state index in [9.17, 15) is 18.9 Å². The van der Waals surface area contributed by atoms with E-state index in [1.165, 1.54) is 25.3 Å². The molecule has 0 saturated carbocycles. The predicted molar refractivity (Wildman–Crippen MR) is 84.8 cm³/mol. The van der Waals surface area contributed by atoms with Gasteiger partial charge < -0.3 is 14.8 Å². The van der Waals surface area contributed by atoms with Gasteiger partial charge in [0.1, 0.15) is 11.5 Å². The van der Waals surface area contributed by atoms with Crippen LogP contribution in [0.3, 0.4) is 0 Å². The Labute approximate surface area is 137 Å². The number of hydrogen-bond donors (Lipinski definition) is 1. The van der Waals surface area contributed by atoms with Crippen molar-refractivity contribution in [1.29, 1.82) is 0 Å². The lowest BCUT2D eigenvalue weighted by atomic mass is 10.1. The van der Waals surface area contributed by atoms with Crippen molar-refractivity contribution in [3.8, 4) is 11.5 Å². The van der Waals surface area contributed by atoms with Crippen LogP contribution < -0.4 is 14.8 Å². The minimum absolute atomic E-state index is 0.00998. The van der Waals surface area contributed by atoms with Crippen LogP contribution in [0.4, 0.5) is 20.2 Å².